The molecule has 5 nitrogen and oxygen atoms in total. The first-order chi connectivity index (χ1) is 11.2. The van der Waals surface area contributed by atoms with Gasteiger partial charge in [-0.15, -0.1) is 0 Å². The van der Waals surface area contributed by atoms with Gasteiger partial charge in [0.15, 0.2) is 0 Å². The Hall–Kier alpha value is -1.56. The van der Waals surface area contributed by atoms with E-state index in [0.29, 0.717) is 16.5 Å². The standard InChI is InChI=1S/C18H24N2O3S/c1-17(2)12(18(17,3)4)13(21)19-14-11(16(22)23)10-9-5-7-20(8-6-9)15(10)24-14/h9,12H,5-8H2,1-4H3,(H,19,21)(H,22,23). The minimum Gasteiger partial charge on any atom is -0.478 e. The van der Waals surface area contributed by atoms with Gasteiger partial charge < -0.3 is 15.3 Å². The fourth-order valence-electron chi connectivity index (χ4n) is 4.75. The lowest BCUT2D eigenvalue weighted by Gasteiger charge is -2.40. The molecule has 6 heteroatoms. The number of hydrogen-bond acceptors (Lipinski definition) is 4. The van der Waals surface area contributed by atoms with Crippen molar-refractivity contribution >= 4 is 33.2 Å². The molecule has 1 saturated carbocycles. The van der Waals surface area contributed by atoms with Crippen LogP contribution < -0.4 is 10.2 Å². The van der Waals surface area contributed by atoms with Crippen LogP contribution >= 0.6 is 11.3 Å². The Bertz CT molecular complexity index is 728. The molecule has 3 aliphatic heterocycles. The predicted octanol–water partition coefficient (Wildman–Crippen LogP) is 3.76. The van der Waals surface area contributed by atoms with Gasteiger partial charge in [-0.2, -0.15) is 0 Å². The molecule has 0 aromatic carbocycles. The summed E-state index contributed by atoms with van der Waals surface area (Å²) < 4.78 is 0. The number of carbonyl (C=O) groups excluding carboxylic acids is 1. The second kappa shape index (κ2) is 4.75. The summed E-state index contributed by atoms with van der Waals surface area (Å²) in [7, 11) is 0. The average molecular weight is 348 g/mol. The Morgan fingerprint density at radius 1 is 1.17 bits per heavy atom. The zero-order valence-corrected chi connectivity index (χ0v) is 15.4. The summed E-state index contributed by atoms with van der Waals surface area (Å²) >= 11 is 1.44. The highest BCUT2D eigenvalue weighted by Gasteiger charge is 2.68. The van der Waals surface area contributed by atoms with E-state index in [1.807, 2.05) is 0 Å². The highest BCUT2D eigenvalue weighted by atomic mass is 32.1. The number of fused-ring (bicyclic) bond motifs is 2. The summed E-state index contributed by atoms with van der Waals surface area (Å²) in [4.78, 5) is 26.9. The molecule has 0 unspecified atom stereocenters. The van der Waals surface area contributed by atoms with Crippen LogP contribution in [0.25, 0.3) is 0 Å². The van der Waals surface area contributed by atoms with Crippen molar-refractivity contribution in [3.05, 3.63) is 11.1 Å². The Morgan fingerprint density at radius 2 is 1.75 bits per heavy atom. The first-order valence-electron chi connectivity index (χ1n) is 8.62. The van der Waals surface area contributed by atoms with E-state index < -0.39 is 5.97 Å². The summed E-state index contributed by atoms with van der Waals surface area (Å²) in [6.45, 7) is 10.4. The van der Waals surface area contributed by atoms with E-state index in [0.717, 1.165) is 36.5 Å². The van der Waals surface area contributed by atoms with Crippen molar-refractivity contribution in [1.82, 2.24) is 0 Å². The van der Waals surface area contributed by atoms with Crippen molar-refractivity contribution in [2.24, 2.45) is 16.7 Å². The van der Waals surface area contributed by atoms with E-state index in [1.165, 1.54) is 11.3 Å². The monoisotopic (exact) mass is 348 g/mol. The number of thiophene rings is 1. The zero-order chi connectivity index (χ0) is 17.4. The minimum atomic E-state index is -0.925. The fourth-order valence-corrected chi connectivity index (χ4v) is 6.09. The van der Waals surface area contributed by atoms with Crippen LogP contribution in [0.4, 0.5) is 10.0 Å². The van der Waals surface area contributed by atoms with Crippen molar-refractivity contribution < 1.29 is 14.7 Å². The van der Waals surface area contributed by atoms with Gasteiger partial charge in [0.1, 0.15) is 5.00 Å². The number of carboxylic acid groups (broad SMARTS) is 1. The van der Waals surface area contributed by atoms with Gasteiger partial charge in [-0.3, -0.25) is 4.79 Å². The van der Waals surface area contributed by atoms with Crippen LogP contribution in [0, 0.1) is 16.7 Å². The molecule has 5 rings (SSSR count). The van der Waals surface area contributed by atoms with E-state index in [2.05, 4.69) is 37.9 Å². The maximum absolute atomic E-state index is 12.8. The van der Waals surface area contributed by atoms with Crippen LogP contribution in [0.1, 0.15) is 62.4 Å². The lowest BCUT2D eigenvalue weighted by atomic mass is 9.84. The number of piperidine rings is 1. The number of carbonyl (C=O) groups is 2. The molecule has 24 heavy (non-hydrogen) atoms. The summed E-state index contributed by atoms with van der Waals surface area (Å²) in [5, 5.41) is 14.3. The molecule has 4 heterocycles. The van der Waals surface area contributed by atoms with Gasteiger partial charge in [0, 0.05) is 24.6 Å². The maximum atomic E-state index is 12.8. The van der Waals surface area contributed by atoms with Crippen LogP contribution in [0.15, 0.2) is 0 Å². The number of carboxylic acids is 1. The molecule has 0 spiro atoms. The molecule has 0 atom stereocenters. The minimum absolute atomic E-state index is 0.0477. The van der Waals surface area contributed by atoms with Crippen LogP contribution in [-0.4, -0.2) is 30.1 Å². The highest BCUT2D eigenvalue weighted by Crippen LogP contribution is 2.68. The molecular weight excluding hydrogens is 324 g/mol. The summed E-state index contributed by atoms with van der Waals surface area (Å²) in [5.41, 5.74) is 1.17. The maximum Gasteiger partial charge on any atom is 0.339 e. The molecule has 1 amide bonds. The van der Waals surface area contributed by atoms with Crippen LogP contribution in [0.5, 0.6) is 0 Å². The lowest BCUT2D eigenvalue weighted by Crippen LogP contribution is -2.38. The first-order valence-corrected chi connectivity index (χ1v) is 9.43. The number of aromatic carboxylic acids is 1. The predicted molar refractivity (Wildman–Crippen MR) is 95.1 cm³/mol. The van der Waals surface area contributed by atoms with Crippen molar-refractivity contribution in [1.29, 1.82) is 0 Å². The first kappa shape index (κ1) is 15.9. The molecule has 2 bridgehead atoms. The second-order valence-electron chi connectivity index (χ2n) is 8.46. The van der Waals surface area contributed by atoms with Crippen molar-refractivity contribution in [3.8, 4) is 0 Å². The molecule has 0 radical (unpaired) electrons. The van der Waals surface area contributed by atoms with Crippen molar-refractivity contribution in [2.45, 2.75) is 46.5 Å². The smallest absolute Gasteiger partial charge is 0.339 e. The normalized spacial score (nSPS) is 23.9. The van der Waals surface area contributed by atoms with Gasteiger partial charge in [-0.1, -0.05) is 39.0 Å². The van der Waals surface area contributed by atoms with Gasteiger partial charge >= 0.3 is 5.97 Å². The van der Waals surface area contributed by atoms with Crippen LogP contribution in [-0.2, 0) is 4.79 Å². The highest BCUT2D eigenvalue weighted by molar-refractivity contribution is 7.20. The Labute approximate surface area is 146 Å². The number of amides is 1. The van der Waals surface area contributed by atoms with E-state index in [4.69, 9.17) is 0 Å². The molecule has 2 N–H and O–H groups in total. The van der Waals surface area contributed by atoms with E-state index in [9.17, 15) is 14.7 Å². The number of nitrogens with one attached hydrogen (secondary N) is 1. The Balaban J connectivity index is 1.69. The molecule has 4 aliphatic rings. The Kier molecular flexibility index (Phi) is 3.15. The second-order valence-corrected chi connectivity index (χ2v) is 9.46. The van der Waals surface area contributed by atoms with Gasteiger partial charge in [0.2, 0.25) is 5.91 Å². The van der Waals surface area contributed by atoms with E-state index in [-0.39, 0.29) is 22.7 Å². The topological polar surface area (TPSA) is 69.6 Å². The molecule has 130 valence electrons. The third-order valence-electron chi connectivity index (χ3n) is 6.85. The van der Waals surface area contributed by atoms with Crippen LogP contribution in [0.3, 0.4) is 0 Å². The number of rotatable bonds is 3. The van der Waals surface area contributed by atoms with Gasteiger partial charge in [0.25, 0.3) is 0 Å². The number of hydrogen-bond donors (Lipinski definition) is 2. The van der Waals surface area contributed by atoms with E-state index >= 15 is 0 Å². The third-order valence-corrected chi connectivity index (χ3v) is 8.03. The number of anilines is 2. The Morgan fingerprint density at radius 3 is 2.25 bits per heavy atom. The summed E-state index contributed by atoms with van der Waals surface area (Å²) in [5.74, 6) is -0.728. The number of nitrogens with zero attached hydrogens (tertiary/aromatic N) is 1. The van der Waals surface area contributed by atoms with Gasteiger partial charge in [-0.05, 0) is 29.6 Å². The molecule has 1 aromatic heterocycles. The quantitative estimate of drug-likeness (QED) is 0.872. The lowest BCUT2D eigenvalue weighted by molar-refractivity contribution is -0.118. The summed E-state index contributed by atoms with van der Waals surface area (Å²) in [6.07, 6.45) is 2.03. The van der Waals surface area contributed by atoms with Crippen LogP contribution in [0.2, 0.25) is 0 Å². The van der Waals surface area contributed by atoms with Crippen molar-refractivity contribution in [2.75, 3.05) is 23.3 Å². The molecule has 1 saturated heterocycles. The molecule has 1 aliphatic carbocycles. The van der Waals surface area contributed by atoms with Crippen molar-refractivity contribution in [3.63, 3.8) is 0 Å². The van der Waals surface area contributed by atoms with E-state index in [1.54, 1.807) is 0 Å². The summed E-state index contributed by atoms with van der Waals surface area (Å²) in [6, 6.07) is 0. The average Bonchev–Trinajstić information content (AvgIpc) is 2.81. The van der Waals surface area contributed by atoms with Gasteiger partial charge in [-0.25, -0.2) is 4.79 Å². The molecule has 2 fully saturated rings. The SMILES string of the molecule is CC1(C)C(C(=O)Nc2sc3c(c2C(=O)O)C2CCN3CC2)C1(C)C. The third kappa shape index (κ3) is 1.92. The largest absolute Gasteiger partial charge is 0.478 e. The molecule has 1 aromatic rings. The van der Waals surface area contributed by atoms with Gasteiger partial charge in [0.05, 0.1) is 10.6 Å². The zero-order valence-electron chi connectivity index (χ0n) is 14.6. The fraction of sp³-hybridized carbons (Fsp3) is 0.667. The molecular formula is C18H24N2O3S.